The molecule has 260 valence electrons. The van der Waals surface area contributed by atoms with E-state index in [1.807, 2.05) is 38.3 Å². The Morgan fingerprint density at radius 2 is 1.08 bits per heavy atom. The predicted molar refractivity (Wildman–Crippen MR) is 208 cm³/mol. The molecule has 49 heavy (non-hydrogen) atoms. The molecule has 2 aliphatic heterocycles. The Kier molecular flexibility index (Phi) is 12.9. The third-order valence-electron chi connectivity index (χ3n) is 6.39. The summed E-state index contributed by atoms with van der Waals surface area (Å²) in [7, 11) is 0. The second kappa shape index (κ2) is 16.1. The quantitative estimate of drug-likeness (QED) is 0.0842. The van der Waals surface area contributed by atoms with Gasteiger partial charge in [-0.25, -0.2) is 29.1 Å². The summed E-state index contributed by atoms with van der Waals surface area (Å²) >= 11 is 9.60. The van der Waals surface area contributed by atoms with Crippen LogP contribution in [0.25, 0.3) is 25.3 Å². The van der Waals surface area contributed by atoms with E-state index in [4.69, 9.17) is 18.9 Å². The molecule has 0 unspecified atom stereocenters. The van der Waals surface area contributed by atoms with Gasteiger partial charge in [-0.1, -0.05) is 6.07 Å². The summed E-state index contributed by atoms with van der Waals surface area (Å²) in [5.41, 5.74) is 2.73. The SMILES string of the molecule is CSC(=C1C(=O)OC(C)(C)OC1=O)c1ccc2nc(C)sc2c1.CSC(SC)=C1C(=O)OC(C)(C)OC1=O.Cc1nc2ccc(I)cc2s1. The number of benzene rings is 2. The zero-order valence-electron chi connectivity index (χ0n) is 28.0. The first kappa shape index (κ1) is 39.2. The molecule has 0 saturated carbocycles. The number of fused-ring (bicyclic) bond motifs is 2. The maximum atomic E-state index is 12.3. The molecule has 2 saturated heterocycles. The smallest absolute Gasteiger partial charge is 0.350 e. The molecule has 0 spiro atoms. The first-order valence-electron chi connectivity index (χ1n) is 14.4. The Morgan fingerprint density at radius 1 is 0.653 bits per heavy atom. The molecule has 0 radical (unpaired) electrons. The Bertz CT molecular complexity index is 1960. The van der Waals surface area contributed by atoms with Gasteiger partial charge in [0, 0.05) is 36.2 Å². The van der Waals surface area contributed by atoms with E-state index >= 15 is 0 Å². The van der Waals surface area contributed by atoms with E-state index in [0.717, 1.165) is 31.3 Å². The number of nitrogens with zero attached hydrogens (tertiary/aromatic N) is 2. The van der Waals surface area contributed by atoms with Crippen LogP contribution < -0.4 is 0 Å². The number of ether oxygens (including phenoxy) is 4. The van der Waals surface area contributed by atoms with E-state index in [9.17, 15) is 19.2 Å². The molecule has 10 nitrogen and oxygen atoms in total. The second-order valence-electron chi connectivity index (χ2n) is 11.1. The summed E-state index contributed by atoms with van der Waals surface area (Å²) in [5.74, 6) is -4.95. The van der Waals surface area contributed by atoms with Crippen LogP contribution in [0.3, 0.4) is 0 Å². The van der Waals surface area contributed by atoms with Crippen LogP contribution in [0.4, 0.5) is 0 Å². The van der Waals surface area contributed by atoms with Crippen molar-refractivity contribution in [1.82, 2.24) is 9.97 Å². The monoisotopic (exact) mass is 872 g/mol. The zero-order chi connectivity index (χ0) is 36.3. The second-order valence-corrected chi connectivity index (χ2v) is 17.5. The molecule has 2 aromatic heterocycles. The van der Waals surface area contributed by atoms with Crippen molar-refractivity contribution < 1.29 is 38.1 Å². The first-order valence-corrected chi connectivity index (χ1v) is 20.8. The van der Waals surface area contributed by atoms with E-state index in [1.165, 1.54) is 71.3 Å². The highest BCUT2D eigenvalue weighted by atomic mass is 127. The third-order valence-corrected chi connectivity index (χ3v) is 11.9. The van der Waals surface area contributed by atoms with Gasteiger partial charge in [0.15, 0.2) is 11.1 Å². The largest absolute Gasteiger partial charge is 0.419 e. The van der Waals surface area contributed by atoms with E-state index in [-0.39, 0.29) is 11.1 Å². The van der Waals surface area contributed by atoms with Crippen LogP contribution in [0.1, 0.15) is 43.3 Å². The van der Waals surface area contributed by atoms with Crippen LogP contribution in [0.5, 0.6) is 0 Å². The van der Waals surface area contributed by atoms with Gasteiger partial charge in [-0.15, -0.1) is 58.0 Å². The molecule has 16 heteroatoms. The fraction of sp³-hybridized carbons (Fsp3) is 0.333. The molecule has 0 bridgehead atoms. The highest BCUT2D eigenvalue weighted by Crippen LogP contribution is 2.37. The Hall–Kier alpha value is -2.64. The van der Waals surface area contributed by atoms with Gasteiger partial charge < -0.3 is 18.9 Å². The maximum absolute atomic E-state index is 12.3. The fourth-order valence-corrected chi connectivity index (χ4v) is 9.08. The minimum Gasteiger partial charge on any atom is -0.419 e. The normalized spacial score (nSPS) is 16.4. The van der Waals surface area contributed by atoms with Crippen molar-refractivity contribution in [2.24, 2.45) is 0 Å². The van der Waals surface area contributed by atoms with Gasteiger partial charge in [0.05, 0.1) is 34.7 Å². The zero-order valence-corrected chi connectivity index (χ0v) is 34.3. The third kappa shape index (κ3) is 9.78. The lowest BCUT2D eigenvalue weighted by atomic mass is 10.1. The molecular weight excluding hydrogens is 840 g/mol. The van der Waals surface area contributed by atoms with Crippen LogP contribution in [0, 0.1) is 17.4 Å². The van der Waals surface area contributed by atoms with Crippen molar-refractivity contribution in [2.45, 2.75) is 53.1 Å². The number of thiazole rings is 2. The fourth-order valence-electron chi connectivity index (χ4n) is 4.50. The van der Waals surface area contributed by atoms with Gasteiger partial charge in [0.25, 0.3) is 11.6 Å². The number of thioether (sulfide) groups is 3. The van der Waals surface area contributed by atoms with Crippen LogP contribution in [0.2, 0.25) is 0 Å². The van der Waals surface area contributed by atoms with E-state index in [2.05, 4.69) is 50.8 Å². The summed E-state index contributed by atoms with van der Waals surface area (Å²) in [6, 6.07) is 12.0. The van der Waals surface area contributed by atoms with E-state index < -0.39 is 35.5 Å². The summed E-state index contributed by atoms with van der Waals surface area (Å²) < 4.78 is 24.5. The summed E-state index contributed by atoms with van der Waals surface area (Å²) in [6.07, 6.45) is 5.39. The number of carbonyl (C=O) groups is 4. The van der Waals surface area contributed by atoms with Gasteiger partial charge in [-0.05, 0) is 91.1 Å². The van der Waals surface area contributed by atoms with Crippen LogP contribution in [0.15, 0.2) is 51.8 Å². The average molecular weight is 873 g/mol. The lowest BCUT2D eigenvalue weighted by molar-refractivity contribution is -0.224. The van der Waals surface area contributed by atoms with Crippen molar-refractivity contribution in [3.8, 4) is 0 Å². The number of rotatable bonds is 4. The van der Waals surface area contributed by atoms with Crippen molar-refractivity contribution in [3.63, 3.8) is 0 Å². The number of hydrogen-bond acceptors (Lipinski definition) is 15. The van der Waals surface area contributed by atoms with Crippen LogP contribution >= 0.6 is 80.6 Å². The minimum absolute atomic E-state index is 0.00525. The summed E-state index contributed by atoms with van der Waals surface area (Å²) in [6.45, 7) is 10.1. The molecule has 4 aromatic rings. The average Bonchev–Trinajstić information content (AvgIpc) is 3.55. The number of halogens is 1. The summed E-state index contributed by atoms with van der Waals surface area (Å²) in [4.78, 5) is 57.0. The predicted octanol–water partition coefficient (Wildman–Crippen LogP) is 8.48. The minimum atomic E-state index is -1.24. The molecule has 2 fully saturated rings. The lowest BCUT2D eigenvalue weighted by Crippen LogP contribution is -2.42. The number of aromatic nitrogens is 2. The number of hydrogen-bond donors (Lipinski definition) is 0. The van der Waals surface area contributed by atoms with Crippen molar-refractivity contribution >= 4 is 130 Å². The van der Waals surface area contributed by atoms with E-state index in [0.29, 0.717) is 9.14 Å². The molecule has 0 atom stereocenters. The van der Waals surface area contributed by atoms with Crippen molar-refractivity contribution in [2.75, 3.05) is 18.8 Å². The Labute approximate surface area is 318 Å². The maximum Gasteiger partial charge on any atom is 0.350 e. The molecular formula is C33H33IN2O8S5. The van der Waals surface area contributed by atoms with Gasteiger partial charge in [0.1, 0.15) is 0 Å². The van der Waals surface area contributed by atoms with Gasteiger partial charge in [-0.3, -0.25) is 0 Å². The molecule has 2 aliphatic rings. The summed E-state index contributed by atoms with van der Waals surface area (Å²) in [5, 5.41) is 2.11. The van der Waals surface area contributed by atoms with Crippen molar-refractivity contribution in [1.29, 1.82) is 0 Å². The van der Waals surface area contributed by atoms with Crippen molar-refractivity contribution in [3.05, 3.63) is 70.9 Å². The van der Waals surface area contributed by atoms with Crippen LogP contribution in [-0.4, -0.2) is 64.2 Å². The first-order chi connectivity index (χ1) is 23.0. The van der Waals surface area contributed by atoms with E-state index in [1.54, 1.807) is 35.2 Å². The van der Waals surface area contributed by atoms with Gasteiger partial charge in [-0.2, -0.15) is 0 Å². The lowest BCUT2D eigenvalue weighted by Gasteiger charge is -2.30. The standard InChI is InChI=1S/C16H15NO4S2.C9H12O4S2.C8H6INS/c1-8-17-10-6-5-9(7-11(10)23-8)13(22-4)12-14(18)20-16(2,3)21-15(12)19;1-9(2)12-6(10)5(7(11)13-9)8(14-3)15-4;1-5-10-7-3-2-6(9)4-8(7)11-5/h5-7H,1-4H3;1-4H3;2-4H,1H3. The number of aryl methyl sites for hydroxylation is 2. The van der Waals surface area contributed by atoms with Crippen LogP contribution in [-0.2, 0) is 38.1 Å². The number of carbonyl (C=O) groups excluding carboxylic acids is 4. The topological polar surface area (TPSA) is 131 Å². The molecule has 0 N–H and O–H groups in total. The Balaban J connectivity index is 0.000000179. The highest BCUT2D eigenvalue weighted by molar-refractivity contribution is 14.1. The molecule has 6 rings (SSSR count). The van der Waals surface area contributed by atoms with Gasteiger partial charge >= 0.3 is 23.9 Å². The molecule has 0 amide bonds. The molecule has 0 aliphatic carbocycles. The highest BCUT2D eigenvalue weighted by Gasteiger charge is 2.42. The van der Waals surface area contributed by atoms with Gasteiger partial charge in [0.2, 0.25) is 0 Å². The molecule has 2 aromatic carbocycles. The Morgan fingerprint density at radius 3 is 1.53 bits per heavy atom. The molecule has 4 heterocycles. The number of cyclic esters (lactones) is 4. The number of esters is 4.